The number of imidazole rings is 3. The number of halogens is 1. The molecule has 2 saturated heterocycles. The molecular weight excluding hydrogens is 525 g/mol. The molecule has 2 aromatic carbocycles. The van der Waals surface area contributed by atoms with Crippen molar-refractivity contribution in [2.75, 3.05) is 31.2 Å². The first-order chi connectivity index (χ1) is 19.7. The molecule has 0 atom stereocenters. The second-order valence-corrected chi connectivity index (χ2v) is 11.5. The molecule has 0 saturated carbocycles. The normalized spacial score (nSPS) is 16.2. The molecule has 0 amide bonds. The number of fused-ring (bicyclic) bond motifs is 2. The SMILES string of the molecule is Cn1cc(-c2cc3nc(-c4cncn4C)n(-c4cc(N5CC6(COC6)C5)c5c(c4)n(C)c(=O)n5C)c3cc2F)cn1. The average molecular weight is 554 g/mol. The Morgan fingerprint density at radius 1 is 0.976 bits per heavy atom. The number of hydrogen-bond acceptors (Lipinski definition) is 6. The van der Waals surface area contributed by atoms with Gasteiger partial charge in [0.05, 0.1) is 70.8 Å². The van der Waals surface area contributed by atoms with E-state index in [2.05, 4.69) is 21.0 Å². The zero-order chi connectivity index (χ0) is 28.2. The quantitative estimate of drug-likeness (QED) is 0.333. The van der Waals surface area contributed by atoms with Gasteiger partial charge in [-0.3, -0.25) is 18.4 Å². The van der Waals surface area contributed by atoms with Gasteiger partial charge in [0.25, 0.3) is 0 Å². The minimum absolute atomic E-state index is 0.102. The number of aromatic nitrogens is 8. The summed E-state index contributed by atoms with van der Waals surface area (Å²) in [7, 11) is 7.30. The van der Waals surface area contributed by atoms with E-state index in [-0.39, 0.29) is 16.9 Å². The van der Waals surface area contributed by atoms with Crippen LogP contribution in [0.2, 0.25) is 0 Å². The number of benzene rings is 2. The third kappa shape index (κ3) is 3.34. The van der Waals surface area contributed by atoms with Crippen LogP contribution in [0.3, 0.4) is 0 Å². The predicted octanol–water partition coefficient (Wildman–Crippen LogP) is 2.99. The Kier molecular flexibility index (Phi) is 4.80. The summed E-state index contributed by atoms with van der Waals surface area (Å²) in [6.45, 7) is 3.23. The highest BCUT2D eigenvalue weighted by Crippen LogP contribution is 2.43. The average Bonchev–Trinajstić information content (AvgIpc) is 3.65. The highest BCUT2D eigenvalue weighted by molar-refractivity contribution is 5.94. The van der Waals surface area contributed by atoms with Crippen molar-refractivity contribution in [3.63, 3.8) is 0 Å². The second kappa shape index (κ2) is 8.16. The summed E-state index contributed by atoms with van der Waals surface area (Å²) in [4.78, 5) is 24.7. The first-order valence-electron chi connectivity index (χ1n) is 13.4. The molecule has 41 heavy (non-hydrogen) atoms. The molecule has 2 fully saturated rings. The minimum atomic E-state index is -0.369. The summed E-state index contributed by atoms with van der Waals surface area (Å²) in [5.41, 5.74) is 6.63. The number of ether oxygens (including phenoxy) is 1. The van der Waals surface area contributed by atoms with Crippen LogP contribution in [-0.4, -0.2) is 64.3 Å². The summed E-state index contributed by atoms with van der Waals surface area (Å²) < 4.78 is 30.1. The topological polar surface area (TPSA) is 92.9 Å². The van der Waals surface area contributed by atoms with E-state index in [1.807, 2.05) is 22.2 Å². The van der Waals surface area contributed by atoms with Gasteiger partial charge in [-0.1, -0.05) is 0 Å². The molecule has 2 aliphatic rings. The van der Waals surface area contributed by atoms with Crippen LogP contribution in [0.25, 0.3) is 50.4 Å². The molecule has 8 rings (SSSR count). The van der Waals surface area contributed by atoms with Crippen LogP contribution in [0.15, 0.2) is 54.0 Å². The summed E-state index contributed by atoms with van der Waals surface area (Å²) in [6, 6.07) is 7.37. The maximum Gasteiger partial charge on any atom is 0.328 e. The van der Waals surface area contributed by atoms with Gasteiger partial charge in [-0.05, 0) is 18.2 Å². The van der Waals surface area contributed by atoms with Crippen LogP contribution in [0.5, 0.6) is 0 Å². The van der Waals surface area contributed by atoms with Crippen molar-refractivity contribution in [1.82, 2.24) is 38.0 Å². The zero-order valence-electron chi connectivity index (χ0n) is 23.2. The van der Waals surface area contributed by atoms with Crippen molar-refractivity contribution in [1.29, 1.82) is 0 Å². The van der Waals surface area contributed by atoms with Gasteiger partial charge in [0.15, 0.2) is 5.82 Å². The Labute approximate surface area is 233 Å². The maximum atomic E-state index is 15.8. The Hall–Kier alpha value is -4.71. The Morgan fingerprint density at radius 2 is 1.78 bits per heavy atom. The number of rotatable bonds is 4. The van der Waals surface area contributed by atoms with E-state index in [0.717, 1.165) is 54.4 Å². The van der Waals surface area contributed by atoms with Crippen LogP contribution in [-0.2, 0) is 32.9 Å². The van der Waals surface area contributed by atoms with E-state index >= 15 is 4.39 Å². The molecule has 208 valence electrons. The number of anilines is 1. The highest BCUT2D eigenvalue weighted by Gasteiger charge is 2.49. The molecular formula is C29H28FN9O2. The van der Waals surface area contributed by atoms with Crippen LogP contribution in [0.1, 0.15) is 0 Å². The third-order valence-electron chi connectivity index (χ3n) is 8.60. The van der Waals surface area contributed by atoms with Gasteiger partial charge in [-0.15, -0.1) is 0 Å². The molecule has 6 aromatic rings. The minimum Gasteiger partial charge on any atom is -0.380 e. The van der Waals surface area contributed by atoms with Crippen LogP contribution in [0.4, 0.5) is 10.1 Å². The summed E-state index contributed by atoms with van der Waals surface area (Å²) in [5, 5.41) is 4.21. The van der Waals surface area contributed by atoms with E-state index in [0.29, 0.717) is 28.0 Å². The van der Waals surface area contributed by atoms with Gasteiger partial charge >= 0.3 is 5.69 Å². The molecule has 12 heteroatoms. The van der Waals surface area contributed by atoms with Gasteiger partial charge < -0.3 is 14.2 Å². The lowest BCUT2D eigenvalue weighted by Gasteiger charge is -2.56. The molecule has 1 spiro atoms. The fourth-order valence-corrected chi connectivity index (χ4v) is 6.38. The molecule has 6 heterocycles. The van der Waals surface area contributed by atoms with Gasteiger partial charge in [0, 0.05) is 64.7 Å². The number of nitrogens with zero attached hydrogens (tertiary/aromatic N) is 9. The fraction of sp³-hybridized carbons (Fsp3) is 0.310. The van der Waals surface area contributed by atoms with Crippen LogP contribution in [0, 0.1) is 11.2 Å². The Morgan fingerprint density at radius 3 is 2.44 bits per heavy atom. The molecule has 0 bridgehead atoms. The predicted molar refractivity (Wildman–Crippen MR) is 153 cm³/mol. The summed E-state index contributed by atoms with van der Waals surface area (Å²) in [5.74, 6) is 0.257. The largest absolute Gasteiger partial charge is 0.380 e. The lowest BCUT2D eigenvalue weighted by molar-refractivity contribution is -0.126. The van der Waals surface area contributed by atoms with Crippen LogP contribution >= 0.6 is 0 Å². The lowest BCUT2D eigenvalue weighted by Crippen LogP contribution is -2.66. The first kappa shape index (κ1) is 24.1. The van der Waals surface area contributed by atoms with Crippen molar-refractivity contribution in [2.45, 2.75) is 0 Å². The molecule has 11 nitrogen and oxygen atoms in total. The van der Waals surface area contributed by atoms with Crippen molar-refractivity contribution in [3.05, 3.63) is 65.5 Å². The molecule has 0 N–H and O–H groups in total. The van der Waals surface area contributed by atoms with E-state index < -0.39 is 0 Å². The second-order valence-electron chi connectivity index (χ2n) is 11.5. The van der Waals surface area contributed by atoms with Crippen molar-refractivity contribution in [2.24, 2.45) is 33.6 Å². The standard InChI is InChI=1S/C29H28FN9O2/c1-34-16-31-10-25(34)27-33-21-7-19(17-9-32-35(2)11-17)20(30)8-22(21)39(27)18-5-23-26(37(4)28(40)36(23)3)24(6-18)38-12-29(13-38)14-41-15-29/h5-11,16H,12-15H2,1-4H3. The zero-order valence-corrected chi connectivity index (χ0v) is 23.2. The summed E-state index contributed by atoms with van der Waals surface area (Å²) in [6.07, 6.45) is 6.90. The maximum absolute atomic E-state index is 15.8. The van der Waals surface area contributed by atoms with Crippen molar-refractivity contribution < 1.29 is 9.13 Å². The molecule has 4 aromatic heterocycles. The van der Waals surface area contributed by atoms with E-state index in [9.17, 15) is 4.79 Å². The van der Waals surface area contributed by atoms with Crippen LogP contribution < -0.4 is 10.6 Å². The van der Waals surface area contributed by atoms with E-state index in [1.54, 1.807) is 65.9 Å². The molecule has 0 aliphatic carbocycles. The monoisotopic (exact) mass is 553 g/mol. The first-order valence-corrected chi connectivity index (χ1v) is 13.4. The van der Waals surface area contributed by atoms with E-state index in [1.165, 1.54) is 6.07 Å². The molecule has 2 aliphatic heterocycles. The highest BCUT2D eigenvalue weighted by atomic mass is 19.1. The number of aryl methyl sites for hydroxylation is 4. The van der Waals surface area contributed by atoms with Gasteiger partial charge in [0.2, 0.25) is 0 Å². The van der Waals surface area contributed by atoms with Gasteiger partial charge in [0.1, 0.15) is 11.5 Å². The lowest BCUT2D eigenvalue weighted by atomic mass is 9.77. The molecule has 0 radical (unpaired) electrons. The van der Waals surface area contributed by atoms with Gasteiger partial charge in [-0.2, -0.15) is 5.10 Å². The fourth-order valence-electron chi connectivity index (χ4n) is 6.38. The Bertz CT molecular complexity index is 2080. The number of hydrogen-bond donors (Lipinski definition) is 0. The smallest absolute Gasteiger partial charge is 0.328 e. The Balaban J connectivity index is 1.40. The van der Waals surface area contributed by atoms with E-state index in [4.69, 9.17) is 9.72 Å². The van der Waals surface area contributed by atoms with Crippen molar-refractivity contribution in [3.8, 4) is 28.3 Å². The van der Waals surface area contributed by atoms with Gasteiger partial charge in [-0.25, -0.2) is 19.2 Å². The van der Waals surface area contributed by atoms with Crippen molar-refractivity contribution >= 4 is 27.8 Å². The molecule has 0 unspecified atom stereocenters. The third-order valence-corrected chi connectivity index (χ3v) is 8.60. The summed E-state index contributed by atoms with van der Waals surface area (Å²) >= 11 is 0.